The zero-order valence-corrected chi connectivity index (χ0v) is 13.0. The molecule has 0 saturated carbocycles. The summed E-state index contributed by atoms with van der Waals surface area (Å²) in [6.45, 7) is 2.73. The second-order valence-electron chi connectivity index (χ2n) is 5.62. The van der Waals surface area contributed by atoms with Gasteiger partial charge in [-0.25, -0.2) is 0 Å². The molecule has 2 atom stereocenters. The molecular weight excluding hydrogens is 282 g/mol. The highest BCUT2D eigenvalue weighted by molar-refractivity contribution is 5.79. The van der Waals surface area contributed by atoms with E-state index in [1.165, 1.54) is 6.92 Å². The predicted octanol–water partition coefficient (Wildman–Crippen LogP) is 0.822. The van der Waals surface area contributed by atoms with Crippen molar-refractivity contribution in [3.8, 4) is 5.75 Å². The zero-order valence-electron chi connectivity index (χ0n) is 13.0. The highest BCUT2D eigenvalue weighted by Gasteiger charge is 2.26. The number of carbonyl (C=O) groups is 2. The molecule has 1 unspecified atom stereocenters. The summed E-state index contributed by atoms with van der Waals surface area (Å²) in [5.74, 6) is 0.594. The van der Waals surface area contributed by atoms with Gasteiger partial charge in [0.1, 0.15) is 5.75 Å². The van der Waals surface area contributed by atoms with Gasteiger partial charge in [-0.2, -0.15) is 0 Å². The van der Waals surface area contributed by atoms with E-state index in [-0.39, 0.29) is 30.3 Å². The maximum Gasteiger partial charge on any atom is 0.225 e. The van der Waals surface area contributed by atoms with Crippen molar-refractivity contribution in [3.63, 3.8) is 0 Å². The van der Waals surface area contributed by atoms with Crippen molar-refractivity contribution in [2.45, 2.75) is 31.8 Å². The second-order valence-corrected chi connectivity index (χ2v) is 5.62. The minimum Gasteiger partial charge on any atom is -0.497 e. The molecule has 120 valence electrons. The number of nitrogens with zero attached hydrogens (tertiary/aromatic N) is 1. The van der Waals surface area contributed by atoms with Gasteiger partial charge in [-0.05, 0) is 24.1 Å². The van der Waals surface area contributed by atoms with E-state index in [4.69, 9.17) is 10.5 Å². The van der Waals surface area contributed by atoms with Crippen LogP contribution in [0.3, 0.4) is 0 Å². The predicted molar refractivity (Wildman–Crippen MR) is 83.3 cm³/mol. The fourth-order valence-electron chi connectivity index (χ4n) is 2.65. The fourth-order valence-corrected chi connectivity index (χ4v) is 2.65. The maximum absolute atomic E-state index is 12.4. The van der Waals surface area contributed by atoms with Crippen molar-refractivity contribution in [2.75, 3.05) is 20.2 Å². The molecule has 1 aliphatic heterocycles. The van der Waals surface area contributed by atoms with Gasteiger partial charge in [-0.3, -0.25) is 9.59 Å². The number of hydrogen-bond acceptors (Lipinski definition) is 4. The van der Waals surface area contributed by atoms with Gasteiger partial charge in [0.05, 0.1) is 19.6 Å². The summed E-state index contributed by atoms with van der Waals surface area (Å²) in [5.41, 5.74) is 6.72. The average Bonchev–Trinajstić information content (AvgIpc) is 2.93. The van der Waals surface area contributed by atoms with E-state index in [1.54, 1.807) is 12.0 Å². The summed E-state index contributed by atoms with van der Waals surface area (Å²) in [6.07, 6.45) is 1.07. The first-order valence-corrected chi connectivity index (χ1v) is 7.44. The van der Waals surface area contributed by atoms with Gasteiger partial charge < -0.3 is 20.7 Å². The molecule has 0 aromatic heterocycles. The van der Waals surface area contributed by atoms with E-state index in [0.29, 0.717) is 13.1 Å². The first-order chi connectivity index (χ1) is 10.5. The van der Waals surface area contributed by atoms with E-state index in [0.717, 1.165) is 17.7 Å². The van der Waals surface area contributed by atoms with Gasteiger partial charge in [0.15, 0.2) is 0 Å². The smallest absolute Gasteiger partial charge is 0.225 e. The van der Waals surface area contributed by atoms with Gasteiger partial charge in [0.2, 0.25) is 11.8 Å². The van der Waals surface area contributed by atoms with Crippen molar-refractivity contribution in [2.24, 2.45) is 5.73 Å². The first kappa shape index (κ1) is 16.3. The largest absolute Gasteiger partial charge is 0.497 e. The summed E-state index contributed by atoms with van der Waals surface area (Å²) in [4.78, 5) is 25.6. The van der Waals surface area contributed by atoms with Gasteiger partial charge in [-0.15, -0.1) is 0 Å². The number of methoxy groups -OCH3 is 1. The van der Waals surface area contributed by atoms with Crippen LogP contribution in [0, 0.1) is 0 Å². The average molecular weight is 305 g/mol. The maximum atomic E-state index is 12.4. The molecule has 1 saturated heterocycles. The number of hydrogen-bond donors (Lipinski definition) is 2. The molecule has 22 heavy (non-hydrogen) atoms. The molecular formula is C16H23N3O3. The lowest BCUT2D eigenvalue weighted by Gasteiger charge is -2.22. The van der Waals surface area contributed by atoms with Gasteiger partial charge >= 0.3 is 0 Å². The lowest BCUT2D eigenvalue weighted by molar-refractivity contribution is -0.131. The number of carbonyl (C=O) groups excluding carboxylic acids is 2. The number of benzene rings is 1. The number of nitrogens with two attached hydrogens (primary N) is 1. The van der Waals surface area contributed by atoms with Gasteiger partial charge in [-0.1, -0.05) is 12.1 Å². The van der Waals surface area contributed by atoms with E-state index < -0.39 is 0 Å². The number of nitrogens with one attached hydrogen (secondary N) is 1. The van der Waals surface area contributed by atoms with Crippen LogP contribution >= 0.6 is 0 Å². The van der Waals surface area contributed by atoms with Crippen molar-refractivity contribution in [1.29, 1.82) is 0 Å². The van der Waals surface area contributed by atoms with Crippen LogP contribution in [0.25, 0.3) is 0 Å². The van der Waals surface area contributed by atoms with E-state index in [1.807, 2.05) is 24.3 Å². The molecule has 2 rings (SSSR count). The van der Waals surface area contributed by atoms with Crippen molar-refractivity contribution < 1.29 is 14.3 Å². The monoisotopic (exact) mass is 305 g/mol. The summed E-state index contributed by atoms with van der Waals surface area (Å²) in [6, 6.07) is 7.09. The third-order valence-electron chi connectivity index (χ3n) is 3.85. The second kappa shape index (κ2) is 7.26. The summed E-state index contributed by atoms with van der Waals surface area (Å²) < 4.78 is 5.13. The van der Waals surface area contributed by atoms with Crippen molar-refractivity contribution in [1.82, 2.24) is 10.2 Å². The van der Waals surface area contributed by atoms with Crippen LogP contribution in [0.4, 0.5) is 0 Å². The molecule has 1 fully saturated rings. The Morgan fingerprint density at radius 1 is 1.41 bits per heavy atom. The Balaban J connectivity index is 2.08. The molecule has 6 heteroatoms. The Bertz CT molecular complexity index is 530. The third-order valence-corrected chi connectivity index (χ3v) is 3.85. The van der Waals surface area contributed by atoms with Gasteiger partial charge in [0.25, 0.3) is 0 Å². The van der Waals surface area contributed by atoms with Crippen molar-refractivity contribution in [3.05, 3.63) is 29.8 Å². The number of likely N-dealkylation sites (tertiary alicyclic amines) is 1. The van der Waals surface area contributed by atoms with E-state index >= 15 is 0 Å². The molecule has 3 N–H and O–H groups in total. The van der Waals surface area contributed by atoms with Crippen LogP contribution in [-0.2, 0) is 9.59 Å². The summed E-state index contributed by atoms with van der Waals surface area (Å²) >= 11 is 0. The molecule has 2 amide bonds. The van der Waals surface area contributed by atoms with Crippen LogP contribution in [-0.4, -0.2) is 43.0 Å². The lowest BCUT2D eigenvalue weighted by atomic mass is 10.0. The third kappa shape index (κ3) is 4.21. The highest BCUT2D eigenvalue weighted by atomic mass is 16.5. The highest BCUT2D eigenvalue weighted by Crippen LogP contribution is 2.22. The Morgan fingerprint density at radius 2 is 2.09 bits per heavy atom. The normalized spacial score (nSPS) is 18.9. The molecule has 1 heterocycles. The number of ether oxygens (including phenoxy) is 1. The summed E-state index contributed by atoms with van der Waals surface area (Å²) in [5, 5.41) is 2.84. The molecule has 6 nitrogen and oxygen atoms in total. The Hall–Kier alpha value is -2.08. The molecule has 1 aliphatic rings. The van der Waals surface area contributed by atoms with Crippen LogP contribution < -0.4 is 15.8 Å². The fraction of sp³-hybridized carbons (Fsp3) is 0.500. The topological polar surface area (TPSA) is 84.7 Å². The standard InChI is InChI=1S/C16H23N3O3/c1-11(20)18-15(12-3-5-14(22-2)6-4-12)9-16(21)19-8-7-13(17)10-19/h3-6,13,15H,7-10,17H2,1-2H3,(H,18,20)/t13-,15?/m0/s1. The Labute approximate surface area is 130 Å². The van der Waals surface area contributed by atoms with Crippen LogP contribution in [0.1, 0.15) is 31.4 Å². The van der Waals surface area contributed by atoms with Crippen LogP contribution in [0.15, 0.2) is 24.3 Å². The van der Waals surface area contributed by atoms with E-state index in [2.05, 4.69) is 5.32 Å². The Morgan fingerprint density at radius 3 is 2.59 bits per heavy atom. The molecule has 0 radical (unpaired) electrons. The van der Waals surface area contributed by atoms with Crippen LogP contribution in [0.5, 0.6) is 5.75 Å². The SMILES string of the molecule is COc1ccc(C(CC(=O)N2CC[C@H](N)C2)NC(C)=O)cc1. The minimum absolute atomic E-state index is 0.0162. The molecule has 0 spiro atoms. The molecule has 0 bridgehead atoms. The first-order valence-electron chi connectivity index (χ1n) is 7.44. The molecule has 0 aliphatic carbocycles. The van der Waals surface area contributed by atoms with Crippen LogP contribution in [0.2, 0.25) is 0 Å². The zero-order chi connectivity index (χ0) is 16.1. The number of rotatable bonds is 5. The summed E-state index contributed by atoms with van der Waals surface area (Å²) in [7, 11) is 1.60. The van der Waals surface area contributed by atoms with Gasteiger partial charge in [0, 0.05) is 26.1 Å². The van der Waals surface area contributed by atoms with E-state index in [9.17, 15) is 9.59 Å². The van der Waals surface area contributed by atoms with Crippen molar-refractivity contribution >= 4 is 11.8 Å². The molecule has 1 aromatic rings. The quantitative estimate of drug-likeness (QED) is 0.843. The Kier molecular flexibility index (Phi) is 5.38. The lowest BCUT2D eigenvalue weighted by Crippen LogP contribution is -2.36. The minimum atomic E-state index is -0.340. The number of amides is 2. The molecule has 1 aromatic carbocycles.